The summed E-state index contributed by atoms with van der Waals surface area (Å²) < 4.78 is 0. The van der Waals surface area contributed by atoms with E-state index in [2.05, 4.69) is 49.2 Å². The van der Waals surface area contributed by atoms with Gasteiger partial charge in [0.2, 0.25) is 0 Å². The number of hydrogen-bond donors (Lipinski definition) is 1. The van der Waals surface area contributed by atoms with Gasteiger partial charge in [-0.15, -0.1) is 11.8 Å². The predicted molar refractivity (Wildman–Crippen MR) is 65.7 cm³/mol. The molecule has 0 amide bonds. The van der Waals surface area contributed by atoms with Gasteiger partial charge in [-0.3, -0.25) is 0 Å². The van der Waals surface area contributed by atoms with Crippen molar-refractivity contribution in [1.29, 1.82) is 0 Å². The van der Waals surface area contributed by atoms with E-state index in [1.165, 1.54) is 16.7 Å². The first-order valence-corrected chi connectivity index (χ1v) is 5.40. The molecule has 0 heterocycles. The van der Waals surface area contributed by atoms with Crippen molar-refractivity contribution in [3.63, 3.8) is 0 Å². The van der Waals surface area contributed by atoms with Crippen molar-refractivity contribution in [3.05, 3.63) is 34.9 Å². The van der Waals surface area contributed by atoms with E-state index in [-0.39, 0.29) is 0 Å². The third-order valence-corrected chi connectivity index (χ3v) is 2.42. The Bertz CT molecular complexity index is 369. The topological polar surface area (TPSA) is 12.0 Å². The van der Waals surface area contributed by atoms with Crippen LogP contribution in [0.1, 0.15) is 30.0 Å². The second-order valence-electron chi connectivity index (χ2n) is 3.78. The molecule has 0 aromatic heterocycles. The minimum Gasteiger partial charge on any atom is -0.312 e. The second-order valence-corrected chi connectivity index (χ2v) is 3.78. The molecule has 0 aliphatic heterocycles. The van der Waals surface area contributed by atoms with Gasteiger partial charge in [-0.25, -0.2) is 0 Å². The number of aryl methyl sites for hydroxylation is 2. The first-order chi connectivity index (χ1) is 7.24. The molecule has 0 aliphatic carbocycles. The zero-order valence-electron chi connectivity index (χ0n) is 9.85. The summed E-state index contributed by atoms with van der Waals surface area (Å²) in [4.78, 5) is 0. The number of hydrogen-bond acceptors (Lipinski definition) is 1. The molecule has 1 N–H and O–H groups in total. The fourth-order valence-corrected chi connectivity index (χ4v) is 1.49. The molecule has 0 saturated heterocycles. The van der Waals surface area contributed by atoms with E-state index in [0.29, 0.717) is 0 Å². The highest BCUT2D eigenvalue weighted by molar-refractivity contribution is 5.30. The normalized spacial score (nSPS) is 9.53. The fraction of sp³-hybridized carbons (Fsp3) is 0.429. The molecule has 0 spiro atoms. The SMILES string of the molecule is CC#CCCNCc1cc(C)ccc1C. The van der Waals surface area contributed by atoms with Crippen LogP contribution >= 0.6 is 0 Å². The molecule has 0 saturated carbocycles. The molecule has 1 aromatic rings. The van der Waals surface area contributed by atoms with Crippen LogP contribution in [0.2, 0.25) is 0 Å². The van der Waals surface area contributed by atoms with E-state index in [4.69, 9.17) is 0 Å². The van der Waals surface area contributed by atoms with E-state index >= 15 is 0 Å². The Kier molecular flexibility index (Phi) is 4.93. The Balaban J connectivity index is 2.42. The third-order valence-electron chi connectivity index (χ3n) is 2.42. The lowest BCUT2D eigenvalue weighted by atomic mass is 10.1. The van der Waals surface area contributed by atoms with Crippen LogP contribution in [0.3, 0.4) is 0 Å². The smallest absolute Gasteiger partial charge is 0.0214 e. The molecule has 1 rings (SSSR count). The molecule has 0 unspecified atom stereocenters. The molecule has 15 heavy (non-hydrogen) atoms. The van der Waals surface area contributed by atoms with Gasteiger partial charge in [-0.05, 0) is 31.9 Å². The van der Waals surface area contributed by atoms with Crippen LogP contribution in [0.15, 0.2) is 18.2 Å². The zero-order valence-corrected chi connectivity index (χ0v) is 9.85. The van der Waals surface area contributed by atoms with Gasteiger partial charge in [-0.2, -0.15) is 0 Å². The molecule has 0 bridgehead atoms. The van der Waals surface area contributed by atoms with Gasteiger partial charge < -0.3 is 5.32 Å². The fourth-order valence-electron chi connectivity index (χ4n) is 1.49. The lowest BCUT2D eigenvalue weighted by Gasteiger charge is -2.07. The summed E-state index contributed by atoms with van der Waals surface area (Å²) in [5.41, 5.74) is 4.07. The molecule has 1 nitrogen and oxygen atoms in total. The van der Waals surface area contributed by atoms with Crippen molar-refractivity contribution < 1.29 is 0 Å². The van der Waals surface area contributed by atoms with Gasteiger partial charge in [0, 0.05) is 19.5 Å². The summed E-state index contributed by atoms with van der Waals surface area (Å²) >= 11 is 0. The Morgan fingerprint density at radius 1 is 1.27 bits per heavy atom. The molecule has 0 aliphatic rings. The Hall–Kier alpha value is -1.26. The molecular weight excluding hydrogens is 182 g/mol. The summed E-state index contributed by atoms with van der Waals surface area (Å²) in [7, 11) is 0. The van der Waals surface area contributed by atoms with Crippen molar-refractivity contribution in [2.75, 3.05) is 6.54 Å². The van der Waals surface area contributed by atoms with Crippen LogP contribution in [0.5, 0.6) is 0 Å². The quantitative estimate of drug-likeness (QED) is 0.583. The second kappa shape index (κ2) is 6.27. The molecule has 0 fully saturated rings. The standard InChI is InChI=1S/C14H19N/c1-4-5-6-9-15-11-14-10-12(2)7-8-13(14)3/h7-8,10,15H,6,9,11H2,1-3H3. The summed E-state index contributed by atoms with van der Waals surface area (Å²) in [6, 6.07) is 6.58. The van der Waals surface area contributed by atoms with Crippen molar-refractivity contribution in [2.45, 2.75) is 33.7 Å². The van der Waals surface area contributed by atoms with E-state index in [0.717, 1.165) is 19.5 Å². The minimum atomic E-state index is 0.932. The summed E-state index contributed by atoms with van der Waals surface area (Å²) in [5, 5.41) is 3.40. The van der Waals surface area contributed by atoms with Gasteiger partial charge in [0.05, 0.1) is 0 Å². The first kappa shape index (κ1) is 11.8. The molecule has 80 valence electrons. The number of nitrogens with one attached hydrogen (secondary N) is 1. The lowest BCUT2D eigenvalue weighted by molar-refractivity contribution is 0.698. The maximum absolute atomic E-state index is 3.40. The monoisotopic (exact) mass is 201 g/mol. The number of rotatable bonds is 4. The van der Waals surface area contributed by atoms with E-state index in [1.807, 2.05) is 6.92 Å². The summed E-state index contributed by atoms with van der Waals surface area (Å²) in [6.45, 7) is 8.08. The molecule has 1 aromatic carbocycles. The van der Waals surface area contributed by atoms with Crippen LogP contribution in [0.4, 0.5) is 0 Å². The first-order valence-electron chi connectivity index (χ1n) is 5.40. The van der Waals surface area contributed by atoms with Crippen molar-refractivity contribution in [1.82, 2.24) is 5.32 Å². The van der Waals surface area contributed by atoms with E-state index in [1.54, 1.807) is 0 Å². The highest BCUT2D eigenvalue weighted by Crippen LogP contribution is 2.09. The third kappa shape index (κ3) is 4.18. The average molecular weight is 201 g/mol. The highest BCUT2D eigenvalue weighted by Gasteiger charge is 1.97. The van der Waals surface area contributed by atoms with Gasteiger partial charge in [-0.1, -0.05) is 23.8 Å². The Morgan fingerprint density at radius 2 is 2.07 bits per heavy atom. The van der Waals surface area contributed by atoms with Gasteiger partial charge >= 0.3 is 0 Å². The van der Waals surface area contributed by atoms with Crippen LogP contribution in [-0.4, -0.2) is 6.54 Å². The lowest BCUT2D eigenvalue weighted by Crippen LogP contribution is -2.15. The number of benzene rings is 1. The van der Waals surface area contributed by atoms with Gasteiger partial charge in [0.1, 0.15) is 0 Å². The minimum absolute atomic E-state index is 0.932. The Morgan fingerprint density at radius 3 is 2.80 bits per heavy atom. The van der Waals surface area contributed by atoms with E-state index < -0.39 is 0 Å². The van der Waals surface area contributed by atoms with Crippen molar-refractivity contribution in [3.8, 4) is 11.8 Å². The molecule has 0 radical (unpaired) electrons. The summed E-state index contributed by atoms with van der Waals surface area (Å²) in [5.74, 6) is 5.94. The molecule has 0 atom stereocenters. The maximum atomic E-state index is 3.40. The van der Waals surface area contributed by atoms with Crippen LogP contribution in [0, 0.1) is 25.7 Å². The van der Waals surface area contributed by atoms with Crippen LogP contribution in [-0.2, 0) is 6.54 Å². The summed E-state index contributed by atoms with van der Waals surface area (Å²) in [6.07, 6.45) is 0.932. The van der Waals surface area contributed by atoms with Crippen LogP contribution < -0.4 is 5.32 Å². The largest absolute Gasteiger partial charge is 0.312 e. The van der Waals surface area contributed by atoms with Gasteiger partial charge in [0.15, 0.2) is 0 Å². The Labute approximate surface area is 92.9 Å². The maximum Gasteiger partial charge on any atom is 0.0214 e. The molecule has 1 heteroatoms. The predicted octanol–water partition coefficient (Wildman–Crippen LogP) is 2.81. The van der Waals surface area contributed by atoms with Crippen molar-refractivity contribution >= 4 is 0 Å². The van der Waals surface area contributed by atoms with E-state index in [9.17, 15) is 0 Å². The van der Waals surface area contributed by atoms with Crippen LogP contribution in [0.25, 0.3) is 0 Å². The van der Waals surface area contributed by atoms with Gasteiger partial charge in [0.25, 0.3) is 0 Å². The highest BCUT2D eigenvalue weighted by atomic mass is 14.8. The van der Waals surface area contributed by atoms with Crippen molar-refractivity contribution in [2.24, 2.45) is 0 Å². The average Bonchev–Trinajstić information content (AvgIpc) is 2.23. The molecular formula is C14H19N. The zero-order chi connectivity index (χ0) is 11.1.